The second-order valence-corrected chi connectivity index (χ2v) is 25.8. The van der Waals surface area contributed by atoms with Crippen molar-refractivity contribution < 1.29 is 4.39 Å². The SMILES string of the molecule is Fc1ccc(-n2c3ccccc3c3cc(N(c4ccc5ccccc5c4)c4ccc5c(c4)c4c[c]([Ge]([c]6ccccc6)([c]6ccccc6)[c]6ccccc6)ccc4n5-c4ccccc4)ccc32)cc1. The quantitative estimate of drug-likeness (QED) is 0.131. The topological polar surface area (TPSA) is 13.1 Å². The molecule has 0 aliphatic heterocycles. The molecule has 13 aromatic rings. The number of halogens is 1. The minimum absolute atomic E-state index is 0.251. The molecule has 326 valence electrons. The molecule has 0 bridgehead atoms. The minimum atomic E-state index is -3.64. The molecule has 13 rings (SSSR count). The van der Waals surface area contributed by atoms with Gasteiger partial charge in [0.15, 0.2) is 0 Å². The molecule has 0 radical (unpaired) electrons. The fraction of sp³-hybridized carbons (Fsp3) is 0. The summed E-state index contributed by atoms with van der Waals surface area (Å²) in [5.74, 6) is -0.251. The second kappa shape index (κ2) is 16.7. The Hall–Kier alpha value is -8.45. The third kappa shape index (κ3) is 6.70. The largest absolute Gasteiger partial charge is 0.0351 e. The molecule has 0 atom stereocenters. The molecule has 0 saturated heterocycles. The summed E-state index contributed by atoms with van der Waals surface area (Å²) in [5, 5.41) is 7.01. The number of hydrogen-bond acceptors (Lipinski definition) is 1. The standard InChI is InChI=1S/C64H44FGeN3/c65-47-30-34-53(35-31-47)69-61-28-16-15-27-57(61)59-43-55(36-39-63(59)69)67(54-33-29-45-17-13-14-18-46(45)41-54)56-37-40-64-60(44-56)58-42-51(32-38-62(58)68(64)52-25-11-4-12-26-52)66(48-19-5-1-6-20-48,49-21-7-2-8-22-49)50-23-9-3-10-24-50/h1-44H. The van der Waals surface area contributed by atoms with Crippen molar-refractivity contribution in [1.82, 2.24) is 9.13 Å². The van der Waals surface area contributed by atoms with Gasteiger partial charge >= 0.3 is 340 Å². The van der Waals surface area contributed by atoms with Gasteiger partial charge in [0.25, 0.3) is 0 Å². The number of para-hydroxylation sites is 2. The molecule has 11 aromatic carbocycles. The number of aromatic nitrogens is 2. The van der Waals surface area contributed by atoms with E-state index in [4.69, 9.17) is 0 Å². The molecule has 2 aromatic heterocycles. The maximum absolute atomic E-state index is 14.3. The van der Waals surface area contributed by atoms with Gasteiger partial charge in [-0.15, -0.1) is 0 Å². The third-order valence-electron chi connectivity index (χ3n) is 14.1. The van der Waals surface area contributed by atoms with E-state index in [1.165, 1.54) is 51.3 Å². The Morgan fingerprint density at radius 3 is 1.30 bits per heavy atom. The van der Waals surface area contributed by atoms with E-state index < -0.39 is 13.3 Å². The number of nitrogens with zero attached hydrogens (tertiary/aromatic N) is 3. The fourth-order valence-corrected chi connectivity index (χ4v) is 21.0. The molecule has 0 N–H and O–H groups in total. The average molecular weight is 947 g/mol. The van der Waals surface area contributed by atoms with Crippen LogP contribution in [0.4, 0.5) is 21.5 Å². The third-order valence-corrected chi connectivity index (χ3v) is 24.1. The van der Waals surface area contributed by atoms with E-state index >= 15 is 0 Å². The molecule has 0 spiro atoms. The van der Waals surface area contributed by atoms with Crippen LogP contribution in [0.5, 0.6) is 0 Å². The summed E-state index contributed by atoms with van der Waals surface area (Å²) in [7, 11) is 0. The second-order valence-electron chi connectivity index (χ2n) is 17.8. The van der Waals surface area contributed by atoms with Crippen LogP contribution in [0.2, 0.25) is 0 Å². The van der Waals surface area contributed by atoms with Crippen LogP contribution in [-0.4, -0.2) is 22.4 Å². The summed E-state index contributed by atoms with van der Waals surface area (Å²) in [6.07, 6.45) is 0. The molecule has 2 heterocycles. The molecule has 0 unspecified atom stereocenters. The van der Waals surface area contributed by atoms with Crippen LogP contribution >= 0.6 is 0 Å². The van der Waals surface area contributed by atoms with Crippen molar-refractivity contribution in [2.45, 2.75) is 0 Å². The Kier molecular flexibility index (Phi) is 9.88. The number of benzene rings is 11. The Labute approximate surface area is 402 Å². The van der Waals surface area contributed by atoms with Gasteiger partial charge in [-0.2, -0.15) is 0 Å². The smallest absolute Gasteiger partial charge is 0.0242 e. The first-order valence-corrected chi connectivity index (χ1v) is 27.7. The summed E-state index contributed by atoms with van der Waals surface area (Å²) in [6, 6.07) is 96.2. The molecule has 3 nitrogen and oxygen atoms in total. The predicted octanol–water partition coefficient (Wildman–Crippen LogP) is 14.0. The van der Waals surface area contributed by atoms with Crippen molar-refractivity contribution in [2.24, 2.45) is 0 Å². The van der Waals surface area contributed by atoms with Gasteiger partial charge in [-0.1, -0.05) is 18.2 Å². The van der Waals surface area contributed by atoms with E-state index in [2.05, 4.69) is 257 Å². The summed E-state index contributed by atoms with van der Waals surface area (Å²) in [5.41, 5.74) is 9.63. The Balaban J connectivity index is 1.09. The maximum Gasteiger partial charge on any atom is -0.0242 e. The van der Waals surface area contributed by atoms with Crippen molar-refractivity contribution in [3.63, 3.8) is 0 Å². The molecule has 5 heteroatoms. The summed E-state index contributed by atoms with van der Waals surface area (Å²) in [4.78, 5) is 2.41. The molecular formula is C64H44FGeN3. The van der Waals surface area contributed by atoms with Crippen LogP contribution in [-0.2, 0) is 0 Å². The van der Waals surface area contributed by atoms with E-state index in [1.807, 2.05) is 12.1 Å². The number of anilines is 3. The number of rotatable bonds is 9. The van der Waals surface area contributed by atoms with Crippen LogP contribution in [0.1, 0.15) is 0 Å². The number of hydrogen-bond donors (Lipinski definition) is 0. The summed E-state index contributed by atoms with van der Waals surface area (Å²) >= 11 is -3.64. The zero-order valence-corrected chi connectivity index (χ0v) is 39.7. The first kappa shape index (κ1) is 40.8. The van der Waals surface area contributed by atoms with Gasteiger partial charge in [-0.25, -0.2) is 4.39 Å². The predicted molar refractivity (Wildman–Crippen MR) is 291 cm³/mol. The number of fused-ring (bicyclic) bond motifs is 7. The van der Waals surface area contributed by atoms with E-state index in [1.54, 1.807) is 0 Å². The van der Waals surface area contributed by atoms with Crippen molar-refractivity contribution in [3.05, 3.63) is 273 Å². The molecule has 0 aliphatic carbocycles. The first-order valence-electron chi connectivity index (χ1n) is 23.5. The molecule has 69 heavy (non-hydrogen) atoms. The van der Waals surface area contributed by atoms with Crippen molar-refractivity contribution in [2.75, 3.05) is 4.90 Å². The molecular weight excluding hydrogens is 902 g/mol. The van der Waals surface area contributed by atoms with Gasteiger partial charge < -0.3 is 0 Å². The van der Waals surface area contributed by atoms with E-state index in [0.29, 0.717) is 0 Å². The van der Waals surface area contributed by atoms with Crippen LogP contribution in [0.15, 0.2) is 267 Å². The Bertz CT molecular complexity index is 3920. The summed E-state index contributed by atoms with van der Waals surface area (Å²) < 4.78 is 24.5. The van der Waals surface area contributed by atoms with Crippen LogP contribution in [0, 0.1) is 5.82 Å². The van der Waals surface area contributed by atoms with Gasteiger partial charge in [-0.05, 0) is 30.3 Å². The maximum atomic E-state index is 14.3. The minimum Gasteiger partial charge on any atom is -0.0351 e. The van der Waals surface area contributed by atoms with Gasteiger partial charge in [0.2, 0.25) is 0 Å². The van der Waals surface area contributed by atoms with Gasteiger partial charge in [0.1, 0.15) is 5.82 Å². The van der Waals surface area contributed by atoms with E-state index in [9.17, 15) is 4.39 Å². The average Bonchev–Trinajstić information content (AvgIpc) is 3.92. The van der Waals surface area contributed by atoms with E-state index in [-0.39, 0.29) is 5.82 Å². The van der Waals surface area contributed by atoms with Crippen molar-refractivity contribution in [1.29, 1.82) is 0 Å². The molecule has 0 saturated carbocycles. The zero-order chi connectivity index (χ0) is 45.9. The van der Waals surface area contributed by atoms with Crippen molar-refractivity contribution >= 4 is 102 Å². The van der Waals surface area contributed by atoms with Crippen LogP contribution in [0.3, 0.4) is 0 Å². The van der Waals surface area contributed by atoms with Gasteiger partial charge in [0, 0.05) is 5.69 Å². The molecule has 0 amide bonds. The van der Waals surface area contributed by atoms with Gasteiger partial charge in [0.05, 0.1) is 0 Å². The monoisotopic (exact) mass is 947 g/mol. The Morgan fingerprint density at radius 2 is 0.710 bits per heavy atom. The van der Waals surface area contributed by atoms with E-state index in [0.717, 1.165) is 61.3 Å². The van der Waals surface area contributed by atoms with Crippen LogP contribution < -0.4 is 22.5 Å². The summed E-state index contributed by atoms with van der Waals surface area (Å²) in [6.45, 7) is 0. The zero-order valence-electron chi connectivity index (χ0n) is 37.6. The Morgan fingerprint density at radius 1 is 0.290 bits per heavy atom. The van der Waals surface area contributed by atoms with Crippen molar-refractivity contribution in [3.8, 4) is 11.4 Å². The first-order chi connectivity index (χ1) is 34.1. The molecule has 0 fully saturated rings. The normalized spacial score (nSPS) is 11.8. The fourth-order valence-electron chi connectivity index (χ4n) is 11.0. The van der Waals surface area contributed by atoms with Gasteiger partial charge in [-0.3, -0.25) is 0 Å². The van der Waals surface area contributed by atoms with Crippen LogP contribution in [0.25, 0.3) is 65.8 Å². The molecule has 0 aliphatic rings.